The second kappa shape index (κ2) is 13.4. The number of benzene rings is 1. The molecular formula is C27H36O8. The van der Waals surface area contributed by atoms with Gasteiger partial charge in [0.25, 0.3) is 0 Å². The van der Waals surface area contributed by atoms with Gasteiger partial charge in [-0.05, 0) is 49.6 Å². The lowest BCUT2D eigenvalue weighted by atomic mass is 9.90. The fraction of sp³-hybridized carbons (Fsp3) is 0.519. The molecule has 0 radical (unpaired) electrons. The molecule has 0 amide bonds. The van der Waals surface area contributed by atoms with Crippen LogP contribution in [-0.4, -0.2) is 72.1 Å². The molecule has 8 nitrogen and oxygen atoms in total. The average molecular weight is 489 g/mol. The van der Waals surface area contributed by atoms with Crippen molar-refractivity contribution in [2.75, 3.05) is 26.4 Å². The lowest BCUT2D eigenvalue weighted by Crippen LogP contribution is -2.31. The van der Waals surface area contributed by atoms with E-state index in [0.29, 0.717) is 49.6 Å². The topological polar surface area (TPSA) is 115 Å². The van der Waals surface area contributed by atoms with E-state index in [0.717, 1.165) is 5.56 Å². The summed E-state index contributed by atoms with van der Waals surface area (Å²) < 4.78 is 22.2. The van der Waals surface area contributed by atoms with Crippen molar-refractivity contribution in [2.24, 2.45) is 5.92 Å². The monoisotopic (exact) mass is 488 g/mol. The molecule has 1 aromatic carbocycles. The third-order valence-electron chi connectivity index (χ3n) is 5.96. The van der Waals surface area contributed by atoms with Gasteiger partial charge in [-0.1, -0.05) is 31.2 Å². The minimum atomic E-state index is -0.816. The van der Waals surface area contributed by atoms with Crippen molar-refractivity contribution in [3.63, 3.8) is 0 Å². The minimum absolute atomic E-state index is 0.111. The predicted molar refractivity (Wildman–Crippen MR) is 130 cm³/mol. The lowest BCUT2D eigenvalue weighted by Gasteiger charge is -2.29. The van der Waals surface area contributed by atoms with Gasteiger partial charge >= 0.3 is 5.97 Å². The minimum Gasteiger partial charge on any atom is -0.493 e. The Hall–Kier alpha value is -2.65. The maximum atomic E-state index is 12.7. The molecule has 5 unspecified atom stereocenters. The third kappa shape index (κ3) is 7.93. The van der Waals surface area contributed by atoms with Crippen molar-refractivity contribution in [3.05, 3.63) is 59.9 Å². The van der Waals surface area contributed by atoms with Crippen LogP contribution in [0, 0.1) is 5.92 Å². The number of rotatable bonds is 14. The number of allylic oxidation sites excluding steroid dienone is 1. The van der Waals surface area contributed by atoms with Crippen molar-refractivity contribution >= 4 is 11.5 Å². The van der Waals surface area contributed by atoms with E-state index < -0.39 is 30.4 Å². The Morgan fingerprint density at radius 2 is 1.74 bits per heavy atom. The molecule has 2 aliphatic rings. The van der Waals surface area contributed by atoms with Gasteiger partial charge < -0.3 is 34.3 Å². The van der Waals surface area contributed by atoms with E-state index in [1.807, 2.05) is 32.1 Å². The van der Waals surface area contributed by atoms with Gasteiger partial charge in [-0.3, -0.25) is 0 Å². The fourth-order valence-corrected chi connectivity index (χ4v) is 3.80. The van der Waals surface area contributed by atoms with Crippen molar-refractivity contribution in [1.29, 1.82) is 0 Å². The Labute approximate surface area is 206 Å². The maximum absolute atomic E-state index is 12.7. The molecular weight excluding hydrogens is 452 g/mol. The van der Waals surface area contributed by atoms with E-state index >= 15 is 0 Å². The van der Waals surface area contributed by atoms with Crippen LogP contribution in [0.2, 0.25) is 0 Å². The zero-order chi connectivity index (χ0) is 25.2. The molecule has 3 N–H and O–H groups in total. The van der Waals surface area contributed by atoms with Crippen LogP contribution < -0.4 is 4.74 Å². The van der Waals surface area contributed by atoms with E-state index in [2.05, 4.69) is 0 Å². The molecule has 0 aromatic heterocycles. The van der Waals surface area contributed by atoms with E-state index in [1.54, 1.807) is 30.3 Å². The highest BCUT2D eigenvalue weighted by molar-refractivity contribution is 6.17. The highest BCUT2D eigenvalue weighted by atomic mass is 16.5. The number of aliphatic hydroxyl groups is 3. The number of aliphatic hydroxyl groups excluding tert-OH is 3. The largest absolute Gasteiger partial charge is 0.493 e. The molecule has 0 fully saturated rings. The fourth-order valence-electron chi connectivity index (χ4n) is 3.80. The molecule has 0 spiro atoms. The molecule has 192 valence electrons. The van der Waals surface area contributed by atoms with Crippen LogP contribution in [0.4, 0.5) is 0 Å². The first kappa shape index (κ1) is 26.9. The summed E-state index contributed by atoms with van der Waals surface area (Å²) in [4.78, 5) is 12.7. The van der Waals surface area contributed by atoms with Crippen molar-refractivity contribution in [2.45, 2.75) is 57.5 Å². The standard InChI is InChI=1S/C27H36O8/c1-3-24(29)25(30)12-14-33-21-8-5-18(6-9-21)23-15-19-7-10-22(16-26(19)35-27(23)31)34-17-20(28)11-13-32-4-2/h5-10,15-16,19-20,24-26,28-30H,3-4,11-14,17H2,1-2H3. The van der Waals surface area contributed by atoms with Gasteiger partial charge in [-0.2, -0.15) is 0 Å². The Bertz CT molecular complexity index is 904. The summed E-state index contributed by atoms with van der Waals surface area (Å²) in [6, 6.07) is 7.11. The van der Waals surface area contributed by atoms with Crippen molar-refractivity contribution in [1.82, 2.24) is 0 Å². The summed E-state index contributed by atoms with van der Waals surface area (Å²) in [5.41, 5.74) is 1.20. The number of esters is 1. The second-order valence-electron chi connectivity index (χ2n) is 8.61. The van der Waals surface area contributed by atoms with E-state index in [-0.39, 0.29) is 19.1 Å². The average Bonchev–Trinajstić information content (AvgIpc) is 2.87. The van der Waals surface area contributed by atoms with E-state index in [9.17, 15) is 20.1 Å². The van der Waals surface area contributed by atoms with Crippen LogP contribution in [0.25, 0.3) is 5.57 Å². The van der Waals surface area contributed by atoms with Gasteiger partial charge in [0.1, 0.15) is 24.2 Å². The van der Waals surface area contributed by atoms with Gasteiger partial charge in [-0.25, -0.2) is 4.79 Å². The van der Waals surface area contributed by atoms with Crippen LogP contribution in [0.1, 0.15) is 38.7 Å². The van der Waals surface area contributed by atoms with Crippen LogP contribution in [0.5, 0.6) is 5.75 Å². The Morgan fingerprint density at radius 1 is 0.971 bits per heavy atom. The molecule has 35 heavy (non-hydrogen) atoms. The van der Waals surface area contributed by atoms with Crippen LogP contribution >= 0.6 is 0 Å². The molecule has 1 heterocycles. The molecule has 5 atom stereocenters. The smallest absolute Gasteiger partial charge is 0.339 e. The summed E-state index contributed by atoms with van der Waals surface area (Å²) in [5, 5.41) is 29.4. The Balaban J connectivity index is 1.53. The number of hydrogen-bond acceptors (Lipinski definition) is 8. The molecule has 1 aliphatic heterocycles. The van der Waals surface area contributed by atoms with Crippen molar-refractivity contribution < 1.29 is 39.1 Å². The number of carbonyl (C=O) groups is 1. The number of fused-ring (bicyclic) bond motifs is 1. The van der Waals surface area contributed by atoms with Crippen molar-refractivity contribution in [3.8, 4) is 5.75 Å². The van der Waals surface area contributed by atoms with Gasteiger partial charge in [0.2, 0.25) is 0 Å². The van der Waals surface area contributed by atoms with Crippen LogP contribution in [-0.2, 0) is 19.0 Å². The summed E-state index contributed by atoms with van der Waals surface area (Å²) in [7, 11) is 0. The zero-order valence-electron chi connectivity index (χ0n) is 20.3. The number of ether oxygens (including phenoxy) is 4. The lowest BCUT2D eigenvalue weighted by molar-refractivity contribution is -0.141. The van der Waals surface area contributed by atoms with Crippen LogP contribution in [0.3, 0.4) is 0 Å². The summed E-state index contributed by atoms with van der Waals surface area (Å²) in [5.74, 6) is 0.643. The zero-order valence-corrected chi connectivity index (χ0v) is 20.3. The SMILES string of the molecule is CCOCCC(O)COC1=CC2OC(=O)C(c3ccc(OCCC(O)C(O)CC)cc3)=CC2C=C1. The summed E-state index contributed by atoms with van der Waals surface area (Å²) >= 11 is 0. The first-order chi connectivity index (χ1) is 16.9. The molecule has 1 aromatic rings. The Morgan fingerprint density at radius 3 is 2.46 bits per heavy atom. The number of hydrogen-bond donors (Lipinski definition) is 3. The quantitative estimate of drug-likeness (QED) is 0.271. The van der Waals surface area contributed by atoms with E-state index in [4.69, 9.17) is 18.9 Å². The summed E-state index contributed by atoms with van der Waals surface area (Å²) in [6.45, 7) is 5.22. The highest BCUT2D eigenvalue weighted by Crippen LogP contribution is 2.32. The van der Waals surface area contributed by atoms with Gasteiger partial charge in [0.05, 0.1) is 30.5 Å². The predicted octanol–water partition coefficient (Wildman–Crippen LogP) is 2.77. The van der Waals surface area contributed by atoms with E-state index in [1.165, 1.54) is 0 Å². The maximum Gasteiger partial charge on any atom is 0.339 e. The second-order valence-corrected chi connectivity index (χ2v) is 8.61. The molecule has 0 bridgehead atoms. The summed E-state index contributed by atoms with van der Waals surface area (Å²) in [6.07, 6.45) is 6.04. The Kier molecular flexibility index (Phi) is 10.3. The molecule has 1 aliphatic carbocycles. The first-order valence-electron chi connectivity index (χ1n) is 12.2. The van der Waals surface area contributed by atoms with Gasteiger partial charge in [0, 0.05) is 25.6 Å². The molecule has 8 heteroatoms. The number of carbonyl (C=O) groups excluding carboxylic acids is 1. The van der Waals surface area contributed by atoms with Gasteiger partial charge in [-0.15, -0.1) is 0 Å². The molecule has 0 saturated heterocycles. The van der Waals surface area contributed by atoms with Gasteiger partial charge in [0.15, 0.2) is 0 Å². The molecule has 0 saturated carbocycles. The first-order valence-corrected chi connectivity index (χ1v) is 12.2. The third-order valence-corrected chi connectivity index (χ3v) is 5.96. The normalized spacial score (nSPS) is 21.8. The molecule has 3 rings (SSSR count). The highest BCUT2D eigenvalue weighted by Gasteiger charge is 2.31. The van der Waals surface area contributed by atoms with Crippen LogP contribution in [0.15, 0.2) is 54.3 Å².